The van der Waals surface area contributed by atoms with Crippen molar-refractivity contribution in [2.24, 2.45) is 0 Å². The molecule has 1 saturated heterocycles. The third-order valence-corrected chi connectivity index (χ3v) is 4.13. The summed E-state index contributed by atoms with van der Waals surface area (Å²) in [6, 6.07) is 3.38. The highest BCUT2D eigenvalue weighted by Gasteiger charge is 2.38. The molecule has 0 radical (unpaired) electrons. The molecule has 2 fully saturated rings. The van der Waals surface area contributed by atoms with Gasteiger partial charge in [-0.15, -0.1) is 0 Å². The molecule has 3 heterocycles. The van der Waals surface area contributed by atoms with E-state index in [2.05, 4.69) is 26.1 Å². The summed E-state index contributed by atoms with van der Waals surface area (Å²) in [4.78, 5) is 18.2. The Bertz CT molecular complexity index is 655. The number of nitrogens with zero attached hydrogens (tertiary/aromatic N) is 3. The molecule has 2 aromatic rings. The summed E-state index contributed by atoms with van der Waals surface area (Å²) in [7, 11) is 0. The molecule has 1 aliphatic carbocycles. The number of rotatable bonds is 3. The SMILES string of the molecule is O=C(c1ccc(Br)o1)N1CC(c2nc(C3CC3)no2)C1. The summed E-state index contributed by atoms with van der Waals surface area (Å²) < 4.78 is 11.1. The van der Waals surface area contributed by atoms with Gasteiger partial charge in [-0.2, -0.15) is 4.98 Å². The molecule has 1 amide bonds. The summed E-state index contributed by atoms with van der Waals surface area (Å²) in [5.41, 5.74) is 0. The summed E-state index contributed by atoms with van der Waals surface area (Å²) >= 11 is 3.19. The summed E-state index contributed by atoms with van der Waals surface area (Å²) in [5.74, 6) is 2.35. The van der Waals surface area contributed by atoms with Crippen LogP contribution in [-0.4, -0.2) is 34.0 Å². The van der Waals surface area contributed by atoms with E-state index in [-0.39, 0.29) is 11.8 Å². The van der Waals surface area contributed by atoms with Crippen LogP contribution in [0.5, 0.6) is 0 Å². The fourth-order valence-electron chi connectivity index (χ4n) is 2.31. The van der Waals surface area contributed by atoms with Crippen molar-refractivity contribution in [3.63, 3.8) is 0 Å². The van der Waals surface area contributed by atoms with Crippen molar-refractivity contribution in [1.82, 2.24) is 15.0 Å². The molecule has 104 valence electrons. The lowest BCUT2D eigenvalue weighted by atomic mass is 10.00. The molecule has 0 atom stereocenters. The van der Waals surface area contributed by atoms with Crippen LogP contribution < -0.4 is 0 Å². The Balaban J connectivity index is 1.39. The van der Waals surface area contributed by atoms with Gasteiger partial charge in [0.25, 0.3) is 5.91 Å². The van der Waals surface area contributed by atoms with Crippen molar-refractivity contribution >= 4 is 21.8 Å². The second-order valence-electron chi connectivity index (χ2n) is 5.28. The standard InChI is InChI=1S/C13H12BrN3O3/c14-10-4-3-9(19-10)13(18)17-5-8(6-17)12-15-11(16-20-12)7-1-2-7/h3-4,7-8H,1-2,5-6H2. The van der Waals surface area contributed by atoms with Crippen molar-refractivity contribution in [2.45, 2.75) is 24.7 Å². The largest absolute Gasteiger partial charge is 0.444 e. The number of furan rings is 1. The number of carbonyl (C=O) groups excluding carboxylic acids is 1. The van der Waals surface area contributed by atoms with Crippen LogP contribution in [0.3, 0.4) is 0 Å². The Morgan fingerprint density at radius 2 is 2.10 bits per heavy atom. The molecule has 2 aliphatic rings. The number of likely N-dealkylation sites (tertiary alicyclic amines) is 1. The lowest BCUT2D eigenvalue weighted by Gasteiger charge is -2.36. The van der Waals surface area contributed by atoms with Crippen molar-refractivity contribution in [1.29, 1.82) is 0 Å². The Hall–Kier alpha value is -1.63. The number of amides is 1. The van der Waals surface area contributed by atoms with E-state index in [1.807, 2.05) is 0 Å². The highest BCUT2D eigenvalue weighted by atomic mass is 79.9. The van der Waals surface area contributed by atoms with Gasteiger partial charge in [-0.25, -0.2) is 0 Å². The Morgan fingerprint density at radius 1 is 1.30 bits per heavy atom. The molecule has 1 aliphatic heterocycles. The average Bonchev–Trinajstić information content (AvgIpc) is 2.96. The number of hydrogen-bond donors (Lipinski definition) is 0. The van der Waals surface area contributed by atoms with Crippen molar-refractivity contribution in [3.8, 4) is 0 Å². The molecule has 0 N–H and O–H groups in total. The Morgan fingerprint density at radius 3 is 2.75 bits per heavy atom. The molecular formula is C13H12BrN3O3. The van der Waals surface area contributed by atoms with Crippen molar-refractivity contribution in [3.05, 3.63) is 34.3 Å². The lowest BCUT2D eigenvalue weighted by molar-refractivity contribution is 0.0535. The maximum Gasteiger partial charge on any atom is 0.289 e. The van der Waals surface area contributed by atoms with Crippen LogP contribution in [0.4, 0.5) is 0 Å². The first-order valence-corrected chi connectivity index (χ1v) is 7.38. The fourth-order valence-corrected chi connectivity index (χ4v) is 2.61. The fraction of sp³-hybridized carbons (Fsp3) is 0.462. The van der Waals surface area contributed by atoms with E-state index in [9.17, 15) is 4.79 Å². The molecular weight excluding hydrogens is 326 g/mol. The van der Waals surface area contributed by atoms with Crippen molar-refractivity contribution < 1.29 is 13.7 Å². The molecule has 0 unspecified atom stereocenters. The first-order chi connectivity index (χ1) is 9.70. The highest BCUT2D eigenvalue weighted by Crippen LogP contribution is 2.39. The minimum atomic E-state index is -0.103. The number of carbonyl (C=O) groups is 1. The lowest BCUT2D eigenvalue weighted by Crippen LogP contribution is -2.48. The van der Waals surface area contributed by atoms with Crippen LogP contribution in [0, 0.1) is 0 Å². The maximum absolute atomic E-state index is 12.1. The van der Waals surface area contributed by atoms with Gasteiger partial charge in [-0.3, -0.25) is 4.79 Å². The van der Waals surface area contributed by atoms with Gasteiger partial charge in [0.15, 0.2) is 16.3 Å². The number of hydrogen-bond acceptors (Lipinski definition) is 5. The number of halogens is 1. The Labute approximate surface area is 123 Å². The van der Waals surface area contributed by atoms with Crippen molar-refractivity contribution in [2.75, 3.05) is 13.1 Å². The van der Waals surface area contributed by atoms with Crippen LogP contribution in [-0.2, 0) is 0 Å². The Kier molecular flexibility index (Phi) is 2.70. The van der Waals surface area contributed by atoms with Gasteiger partial charge in [0.2, 0.25) is 5.89 Å². The molecule has 1 saturated carbocycles. The van der Waals surface area contributed by atoms with E-state index >= 15 is 0 Å². The zero-order valence-electron chi connectivity index (χ0n) is 10.6. The normalized spacial score (nSPS) is 19.1. The van der Waals surface area contributed by atoms with Gasteiger partial charge in [0, 0.05) is 19.0 Å². The summed E-state index contributed by atoms with van der Waals surface area (Å²) in [6.07, 6.45) is 2.31. The van der Waals surface area contributed by atoms with Crippen LogP contribution in [0.1, 0.15) is 46.9 Å². The molecule has 6 nitrogen and oxygen atoms in total. The van der Waals surface area contributed by atoms with E-state index in [1.54, 1.807) is 17.0 Å². The molecule has 0 bridgehead atoms. The van der Waals surface area contributed by atoms with Crippen LogP contribution in [0.25, 0.3) is 0 Å². The number of aromatic nitrogens is 2. The summed E-state index contributed by atoms with van der Waals surface area (Å²) in [5, 5.41) is 4.00. The second-order valence-corrected chi connectivity index (χ2v) is 6.06. The molecule has 0 aromatic carbocycles. The molecule has 20 heavy (non-hydrogen) atoms. The minimum absolute atomic E-state index is 0.103. The molecule has 4 rings (SSSR count). The predicted molar refractivity (Wildman–Crippen MR) is 71.3 cm³/mol. The van der Waals surface area contributed by atoms with Gasteiger partial charge in [0.05, 0.1) is 5.92 Å². The third-order valence-electron chi connectivity index (χ3n) is 3.70. The second kappa shape index (κ2) is 4.44. The van der Waals surface area contributed by atoms with Gasteiger partial charge in [0.1, 0.15) is 0 Å². The van der Waals surface area contributed by atoms with Crippen LogP contribution in [0.15, 0.2) is 25.7 Å². The molecule has 0 spiro atoms. The van der Waals surface area contributed by atoms with E-state index in [4.69, 9.17) is 8.94 Å². The first kappa shape index (κ1) is 12.1. The highest BCUT2D eigenvalue weighted by molar-refractivity contribution is 9.10. The average molecular weight is 338 g/mol. The third kappa shape index (κ3) is 2.06. The van der Waals surface area contributed by atoms with E-state index in [0.29, 0.717) is 35.3 Å². The predicted octanol–water partition coefficient (Wildman–Crippen LogP) is 2.54. The summed E-state index contributed by atoms with van der Waals surface area (Å²) in [6.45, 7) is 1.20. The van der Waals surface area contributed by atoms with E-state index in [1.165, 1.54) is 0 Å². The topological polar surface area (TPSA) is 72.4 Å². The smallest absolute Gasteiger partial charge is 0.289 e. The van der Waals surface area contributed by atoms with Crippen LogP contribution in [0.2, 0.25) is 0 Å². The van der Waals surface area contributed by atoms with E-state index < -0.39 is 0 Å². The first-order valence-electron chi connectivity index (χ1n) is 6.59. The zero-order chi connectivity index (χ0) is 13.7. The van der Waals surface area contributed by atoms with E-state index in [0.717, 1.165) is 18.7 Å². The van der Waals surface area contributed by atoms with Gasteiger partial charge < -0.3 is 13.8 Å². The minimum Gasteiger partial charge on any atom is -0.444 e. The molecule has 7 heteroatoms. The monoisotopic (exact) mass is 337 g/mol. The molecule has 2 aromatic heterocycles. The van der Waals surface area contributed by atoms with Gasteiger partial charge >= 0.3 is 0 Å². The van der Waals surface area contributed by atoms with Gasteiger partial charge in [-0.1, -0.05) is 5.16 Å². The quantitative estimate of drug-likeness (QED) is 0.860. The van der Waals surface area contributed by atoms with Crippen LogP contribution >= 0.6 is 15.9 Å². The maximum atomic E-state index is 12.1. The zero-order valence-corrected chi connectivity index (χ0v) is 12.2. The van der Waals surface area contributed by atoms with Gasteiger partial charge in [-0.05, 0) is 40.9 Å².